The van der Waals surface area contributed by atoms with Crippen LogP contribution < -0.4 is 20.1 Å². The summed E-state index contributed by atoms with van der Waals surface area (Å²) in [4.78, 5) is 4.90. The Balaban J connectivity index is 0.00000363. The molecule has 10 heteroatoms. The van der Waals surface area contributed by atoms with Gasteiger partial charge in [0.15, 0.2) is 5.96 Å². The predicted octanol–water partition coefficient (Wildman–Crippen LogP) is 2.77. The van der Waals surface area contributed by atoms with Gasteiger partial charge in [-0.25, -0.2) is 18.1 Å². The Morgan fingerprint density at radius 3 is 2.66 bits per heavy atom. The molecule has 1 aliphatic carbocycles. The van der Waals surface area contributed by atoms with E-state index in [1.807, 2.05) is 6.92 Å². The van der Waals surface area contributed by atoms with Crippen molar-refractivity contribution < 1.29 is 13.2 Å². The summed E-state index contributed by atoms with van der Waals surface area (Å²) in [6.07, 6.45) is 5.78. The topological polar surface area (TPSA) is 96.8 Å². The average Bonchev–Trinajstić information content (AvgIpc) is 3.46. The zero-order chi connectivity index (χ0) is 22.3. The summed E-state index contributed by atoms with van der Waals surface area (Å²) in [5.41, 5.74) is 2.20. The maximum atomic E-state index is 12.3. The van der Waals surface area contributed by atoms with E-state index in [1.54, 1.807) is 30.1 Å². The van der Waals surface area contributed by atoms with Gasteiger partial charge < -0.3 is 19.9 Å². The maximum Gasteiger partial charge on any atom is 0.242 e. The van der Waals surface area contributed by atoms with Gasteiger partial charge in [0.05, 0.1) is 18.0 Å². The first kappa shape index (κ1) is 26.5. The van der Waals surface area contributed by atoms with Crippen LogP contribution in [0.1, 0.15) is 30.9 Å². The maximum absolute atomic E-state index is 12.3. The number of halogens is 1. The number of rotatable bonds is 11. The zero-order valence-electron chi connectivity index (χ0n) is 18.9. The fourth-order valence-electron chi connectivity index (χ4n) is 3.01. The van der Waals surface area contributed by atoms with Crippen LogP contribution in [0.3, 0.4) is 0 Å². The van der Waals surface area contributed by atoms with Gasteiger partial charge in [0.1, 0.15) is 5.75 Å². The van der Waals surface area contributed by atoms with Gasteiger partial charge in [0.25, 0.3) is 0 Å². The molecule has 1 fully saturated rings. The Morgan fingerprint density at radius 1 is 1.22 bits per heavy atom. The van der Waals surface area contributed by atoms with Crippen LogP contribution in [0, 0.1) is 12.8 Å². The summed E-state index contributed by atoms with van der Waals surface area (Å²) in [6.45, 7) is 6.66. The van der Waals surface area contributed by atoms with Crippen molar-refractivity contribution in [1.82, 2.24) is 19.9 Å². The second kappa shape index (κ2) is 12.4. The van der Waals surface area contributed by atoms with Crippen molar-refractivity contribution in [1.29, 1.82) is 0 Å². The van der Waals surface area contributed by atoms with Crippen LogP contribution in [-0.4, -0.2) is 45.2 Å². The van der Waals surface area contributed by atoms with Crippen LogP contribution in [0.4, 0.5) is 0 Å². The number of nitrogens with one attached hydrogen (secondary N) is 3. The molecule has 0 spiro atoms. The molecule has 8 nitrogen and oxygen atoms in total. The molecule has 0 amide bonds. The number of aromatic nitrogens is 1. The van der Waals surface area contributed by atoms with Gasteiger partial charge >= 0.3 is 0 Å². The summed E-state index contributed by atoms with van der Waals surface area (Å²) < 4.78 is 34.9. The Kier molecular flexibility index (Phi) is 10.3. The second-order valence-electron chi connectivity index (χ2n) is 7.90. The summed E-state index contributed by atoms with van der Waals surface area (Å²) in [6, 6.07) is 7.75. The highest BCUT2D eigenvalue weighted by Gasteiger charge is 2.22. The largest absolute Gasteiger partial charge is 0.493 e. The van der Waals surface area contributed by atoms with E-state index in [4.69, 9.17) is 4.74 Å². The highest BCUT2D eigenvalue weighted by Crippen LogP contribution is 2.30. The molecular weight excluding hydrogens is 541 g/mol. The fraction of sp³-hybridized carbons (Fsp3) is 0.500. The van der Waals surface area contributed by atoms with E-state index in [-0.39, 0.29) is 35.4 Å². The Bertz CT molecular complexity index is 1000. The van der Waals surface area contributed by atoms with E-state index < -0.39 is 10.0 Å². The summed E-state index contributed by atoms with van der Waals surface area (Å²) in [5, 5.41) is 6.37. The molecule has 1 aliphatic rings. The lowest BCUT2D eigenvalue weighted by atomic mass is 10.1. The highest BCUT2D eigenvalue weighted by molar-refractivity contribution is 14.0. The molecule has 32 heavy (non-hydrogen) atoms. The molecule has 178 valence electrons. The third-order valence-electron chi connectivity index (χ3n) is 4.97. The van der Waals surface area contributed by atoms with E-state index in [2.05, 4.69) is 45.5 Å². The Hall–Kier alpha value is -1.79. The van der Waals surface area contributed by atoms with Gasteiger partial charge in [-0.1, -0.05) is 12.1 Å². The average molecular weight is 576 g/mol. The van der Waals surface area contributed by atoms with Crippen molar-refractivity contribution in [2.24, 2.45) is 18.0 Å². The zero-order valence-corrected chi connectivity index (χ0v) is 22.1. The molecule has 2 aromatic rings. The van der Waals surface area contributed by atoms with Crippen molar-refractivity contribution in [3.8, 4) is 5.75 Å². The van der Waals surface area contributed by atoms with Crippen molar-refractivity contribution in [3.05, 3.63) is 47.8 Å². The highest BCUT2D eigenvalue weighted by atomic mass is 127. The van der Waals surface area contributed by atoms with Gasteiger partial charge in [-0.05, 0) is 50.3 Å². The van der Waals surface area contributed by atoms with Gasteiger partial charge in [-0.3, -0.25) is 0 Å². The molecule has 0 atom stereocenters. The molecule has 1 aromatic heterocycles. The van der Waals surface area contributed by atoms with Crippen LogP contribution in [0.5, 0.6) is 5.75 Å². The molecule has 3 rings (SSSR count). The Labute approximate surface area is 208 Å². The predicted molar refractivity (Wildman–Crippen MR) is 138 cm³/mol. The number of sulfonamides is 1. The van der Waals surface area contributed by atoms with Crippen molar-refractivity contribution in [3.63, 3.8) is 0 Å². The van der Waals surface area contributed by atoms with Crippen molar-refractivity contribution in [2.45, 2.75) is 38.1 Å². The number of aryl methyl sites for hydroxylation is 2. The van der Waals surface area contributed by atoms with E-state index in [0.29, 0.717) is 31.5 Å². The molecule has 1 aromatic carbocycles. The SMILES string of the molecule is CCNC(=NCc1ccc(C)cc1OCC1CC1)NCCNS(=O)(=O)c1ccn(C)c1.I. The molecule has 0 aliphatic heterocycles. The number of ether oxygens (including phenoxy) is 1. The van der Waals surface area contributed by atoms with Gasteiger partial charge in [-0.15, -0.1) is 24.0 Å². The third-order valence-corrected chi connectivity index (χ3v) is 6.42. The van der Waals surface area contributed by atoms with Crippen LogP contribution in [0.15, 0.2) is 46.5 Å². The minimum atomic E-state index is -3.51. The standard InChI is InChI=1S/C22H33N5O3S.HI/c1-4-23-22(24-10-11-26-31(28,29)20-9-12-27(3)15-20)25-14-19-8-5-17(2)13-21(19)30-16-18-6-7-18;/h5,8-9,12-13,15,18,26H,4,6-7,10-11,14,16H2,1-3H3,(H2,23,24,25);1H. The summed E-state index contributed by atoms with van der Waals surface area (Å²) in [5.74, 6) is 2.22. The molecule has 1 heterocycles. The van der Waals surface area contributed by atoms with Crippen molar-refractivity contribution in [2.75, 3.05) is 26.2 Å². The molecule has 1 saturated carbocycles. The first-order valence-corrected chi connectivity index (χ1v) is 12.2. The second-order valence-corrected chi connectivity index (χ2v) is 9.66. The van der Waals surface area contributed by atoms with Crippen molar-refractivity contribution >= 4 is 40.0 Å². The molecule has 0 saturated heterocycles. The van der Waals surface area contributed by atoms with Gasteiger partial charge in [0, 0.05) is 44.6 Å². The fourth-order valence-corrected chi connectivity index (χ4v) is 4.09. The smallest absolute Gasteiger partial charge is 0.242 e. The number of benzene rings is 1. The van der Waals surface area contributed by atoms with E-state index in [1.165, 1.54) is 12.8 Å². The quantitative estimate of drug-likeness (QED) is 0.166. The van der Waals surface area contributed by atoms with Gasteiger partial charge in [-0.2, -0.15) is 0 Å². The molecule has 0 unspecified atom stereocenters. The van der Waals surface area contributed by atoms with Crippen LogP contribution in [-0.2, 0) is 23.6 Å². The number of hydrogen-bond donors (Lipinski definition) is 3. The minimum Gasteiger partial charge on any atom is -0.493 e. The van der Waals surface area contributed by atoms with Gasteiger partial charge in [0.2, 0.25) is 10.0 Å². The monoisotopic (exact) mass is 575 g/mol. The number of aliphatic imine (C=N–C) groups is 1. The normalized spacial score (nSPS) is 14.0. The lowest BCUT2D eigenvalue weighted by Crippen LogP contribution is -2.41. The van der Waals surface area contributed by atoms with E-state index >= 15 is 0 Å². The lowest BCUT2D eigenvalue weighted by Gasteiger charge is -2.14. The summed E-state index contributed by atoms with van der Waals surface area (Å²) in [7, 11) is -1.72. The lowest BCUT2D eigenvalue weighted by molar-refractivity contribution is 0.296. The Morgan fingerprint density at radius 2 is 2.00 bits per heavy atom. The van der Waals surface area contributed by atoms with Crippen LogP contribution in [0.2, 0.25) is 0 Å². The summed E-state index contributed by atoms with van der Waals surface area (Å²) >= 11 is 0. The first-order chi connectivity index (χ1) is 14.9. The van der Waals surface area contributed by atoms with E-state index in [0.717, 1.165) is 23.5 Å². The minimum absolute atomic E-state index is 0. The third kappa shape index (κ3) is 8.28. The molecule has 0 radical (unpaired) electrons. The number of hydrogen-bond acceptors (Lipinski definition) is 4. The molecular formula is C22H34IN5O3S. The van der Waals surface area contributed by atoms with E-state index in [9.17, 15) is 8.42 Å². The first-order valence-electron chi connectivity index (χ1n) is 10.7. The number of guanidine groups is 1. The number of nitrogens with zero attached hydrogens (tertiary/aromatic N) is 2. The van der Waals surface area contributed by atoms with Crippen LogP contribution >= 0.6 is 24.0 Å². The van der Waals surface area contributed by atoms with Crippen LogP contribution in [0.25, 0.3) is 0 Å². The molecule has 0 bridgehead atoms. The molecule has 3 N–H and O–H groups in total.